The van der Waals surface area contributed by atoms with Gasteiger partial charge in [-0.15, -0.1) is 0 Å². The molecule has 0 spiro atoms. The first kappa shape index (κ1) is 13.3. The number of hydrogen-bond donors (Lipinski definition) is 1. The first-order chi connectivity index (χ1) is 9.17. The summed E-state index contributed by atoms with van der Waals surface area (Å²) in [5.41, 5.74) is 0.811. The molecule has 100 valence electrons. The standard InChI is InChI=1S/C14H17N3O2/c1-2-13(18)12-5-3-4-6-17(12)14(19)10-7-11(8-15)16-9-10/h7,9,12,16H,2-6H2,1H3/t12-/m0/s1. The molecule has 1 saturated heterocycles. The highest BCUT2D eigenvalue weighted by atomic mass is 16.2. The highest BCUT2D eigenvalue weighted by Gasteiger charge is 2.31. The molecule has 19 heavy (non-hydrogen) atoms. The Kier molecular flexibility index (Phi) is 4.00. The van der Waals surface area contributed by atoms with Gasteiger partial charge in [0.05, 0.1) is 11.6 Å². The molecule has 2 rings (SSSR count). The van der Waals surface area contributed by atoms with Gasteiger partial charge in [0, 0.05) is 19.2 Å². The molecule has 0 saturated carbocycles. The third-order valence-corrected chi connectivity index (χ3v) is 3.53. The van der Waals surface area contributed by atoms with E-state index in [1.807, 2.05) is 13.0 Å². The van der Waals surface area contributed by atoms with Crippen molar-refractivity contribution >= 4 is 11.7 Å². The van der Waals surface area contributed by atoms with Crippen LogP contribution in [0.15, 0.2) is 12.3 Å². The summed E-state index contributed by atoms with van der Waals surface area (Å²) in [6.45, 7) is 2.44. The van der Waals surface area contributed by atoms with Crippen LogP contribution in [0.3, 0.4) is 0 Å². The van der Waals surface area contributed by atoms with Crippen molar-refractivity contribution in [3.05, 3.63) is 23.5 Å². The molecule has 1 aliphatic heterocycles. The predicted molar refractivity (Wildman–Crippen MR) is 69.5 cm³/mol. The number of Topliss-reactive ketones (excluding diaryl/α,β-unsaturated/α-hetero) is 1. The molecular weight excluding hydrogens is 242 g/mol. The van der Waals surface area contributed by atoms with Gasteiger partial charge in [0.1, 0.15) is 11.8 Å². The largest absolute Gasteiger partial charge is 0.352 e. The lowest BCUT2D eigenvalue weighted by Crippen LogP contribution is -2.47. The number of aromatic amines is 1. The van der Waals surface area contributed by atoms with Crippen LogP contribution in [-0.4, -0.2) is 34.2 Å². The molecular formula is C14H17N3O2. The number of ketones is 1. The number of piperidine rings is 1. The molecule has 0 unspecified atom stereocenters. The molecule has 0 bridgehead atoms. The normalized spacial score (nSPS) is 18.9. The van der Waals surface area contributed by atoms with Gasteiger partial charge in [-0.1, -0.05) is 6.92 Å². The van der Waals surface area contributed by atoms with Crippen LogP contribution in [0.2, 0.25) is 0 Å². The van der Waals surface area contributed by atoms with Crippen molar-refractivity contribution in [2.24, 2.45) is 0 Å². The van der Waals surface area contributed by atoms with Crippen molar-refractivity contribution in [1.82, 2.24) is 9.88 Å². The van der Waals surface area contributed by atoms with Crippen molar-refractivity contribution in [2.45, 2.75) is 38.6 Å². The van der Waals surface area contributed by atoms with Crippen LogP contribution in [0.25, 0.3) is 0 Å². The summed E-state index contributed by atoms with van der Waals surface area (Å²) >= 11 is 0. The summed E-state index contributed by atoms with van der Waals surface area (Å²) in [6.07, 6.45) is 4.63. The summed E-state index contributed by atoms with van der Waals surface area (Å²) in [4.78, 5) is 28.7. The fraction of sp³-hybridized carbons (Fsp3) is 0.500. The number of aromatic nitrogens is 1. The van der Waals surface area contributed by atoms with Gasteiger partial charge in [-0.25, -0.2) is 0 Å². The van der Waals surface area contributed by atoms with E-state index in [9.17, 15) is 9.59 Å². The van der Waals surface area contributed by atoms with Gasteiger partial charge in [0.15, 0.2) is 5.78 Å². The van der Waals surface area contributed by atoms with Crippen LogP contribution in [0, 0.1) is 11.3 Å². The average molecular weight is 259 g/mol. The van der Waals surface area contributed by atoms with E-state index in [1.54, 1.807) is 4.90 Å². The molecule has 0 aliphatic carbocycles. The van der Waals surface area contributed by atoms with Crippen molar-refractivity contribution in [2.75, 3.05) is 6.54 Å². The number of likely N-dealkylation sites (tertiary alicyclic amines) is 1. The Labute approximate surface area is 112 Å². The number of carbonyl (C=O) groups is 2. The van der Waals surface area contributed by atoms with Gasteiger partial charge in [0.2, 0.25) is 0 Å². The Morgan fingerprint density at radius 1 is 1.53 bits per heavy atom. The molecule has 5 nitrogen and oxygen atoms in total. The Bertz CT molecular complexity index is 527. The van der Waals surface area contributed by atoms with Crippen molar-refractivity contribution in [1.29, 1.82) is 5.26 Å². The van der Waals surface area contributed by atoms with Gasteiger partial charge in [-0.05, 0) is 25.3 Å². The van der Waals surface area contributed by atoms with Crippen LogP contribution in [-0.2, 0) is 4.79 Å². The lowest BCUT2D eigenvalue weighted by molar-refractivity contribution is -0.124. The minimum atomic E-state index is -0.299. The highest BCUT2D eigenvalue weighted by molar-refractivity contribution is 5.98. The topological polar surface area (TPSA) is 77.0 Å². The molecule has 1 aliphatic rings. The molecule has 1 amide bonds. The molecule has 2 heterocycles. The maximum atomic E-state index is 12.4. The summed E-state index contributed by atoms with van der Waals surface area (Å²) < 4.78 is 0. The number of amides is 1. The minimum absolute atomic E-state index is 0.115. The van der Waals surface area contributed by atoms with E-state index in [1.165, 1.54) is 12.3 Å². The molecule has 1 atom stereocenters. The van der Waals surface area contributed by atoms with Crippen molar-refractivity contribution < 1.29 is 9.59 Å². The maximum Gasteiger partial charge on any atom is 0.256 e. The second-order valence-electron chi connectivity index (χ2n) is 4.74. The summed E-state index contributed by atoms with van der Waals surface area (Å²) in [6, 6.07) is 3.19. The second kappa shape index (κ2) is 5.70. The summed E-state index contributed by atoms with van der Waals surface area (Å²) in [7, 11) is 0. The summed E-state index contributed by atoms with van der Waals surface area (Å²) in [5.74, 6) is -0.0478. The number of rotatable bonds is 3. The highest BCUT2D eigenvalue weighted by Crippen LogP contribution is 2.21. The van der Waals surface area contributed by atoms with Gasteiger partial charge in [-0.2, -0.15) is 5.26 Å². The first-order valence-corrected chi connectivity index (χ1v) is 6.59. The zero-order valence-electron chi connectivity index (χ0n) is 11.0. The second-order valence-corrected chi connectivity index (χ2v) is 4.74. The Morgan fingerprint density at radius 2 is 2.32 bits per heavy atom. The van der Waals surface area contributed by atoms with E-state index in [0.717, 1.165) is 19.3 Å². The fourth-order valence-electron chi connectivity index (χ4n) is 2.49. The number of nitriles is 1. The third kappa shape index (κ3) is 2.68. The number of nitrogens with one attached hydrogen (secondary N) is 1. The lowest BCUT2D eigenvalue weighted by Gasteiger charge is -2.34. The molecule has 0 radical (unpaired) electrons. The Hall–Kier alpha value is -2.09. The number of carbonyl (C=O) groups excluding carboxylic acids is 2. The van der Waals surface area contributed by atoms with Gasteiger partial charge in [0.25, 0.3) is 5.91 Å². The van der Waals surface area contributed by atoms with E-state index in [2.05, 4.69) is 4.98 Å². The van der Waals surface area contributed by atoms with Gasteiger partial charge in [-0.3, -0.25) is 9.59 Å². The molecule has 1 aromatic heterocycles. The fourth-order valence-corrected chi connectivity index (χ4v) is 2.49. The van der Waals surface area contributed by atoms with Crippen LogP contribution < -0.4 is 0 Å². The van der Waals surface area contributed by atoms with Crippen molar-refractivity contribution in [3.63, 3.8) is 0 Å². The Balaban J connectivity index is 2.20. The molecule has 5 heteroatoms. The van der Waals surface area contributed by atoms with E-state index < -0.39 is 0 Å². The van der Waals surface area contributed by atoms with E-state index in [0.29, 0.717) is 24.2 Å². The lowest BCUT2D eigenvalue weighted by atomic mass is 9.96. The zero-order chi connectivity index (χ0) is 13.8. The van der Waals surface area contributed by atoms with E-state index in [-0.39, 0.29) is 17.7 Å². The molecule has 0 aromatic carbocycles. The SMILES string of the molecule is CCC(=O)[C@@H]1CCCCN1C(=O)c1c[nH]c(C#N)c1. The molecule has 1 aromatic rings. The smallest absolute Gasteiger partial charge is 0.256 e. The molecule has 1 N–H and O–H groups in total. The third-order valence-electron chi connectivity index (χ3n) is 3.53. The quantitative estimate of drug-likeness (QED) is 0.900. The van der Waals surface area contributed by atoms with Gasteiger partial charge < -0.3 is 9.88 Å². The summed E-state index contributed by atoms with van der Waals surface area (Å²) in [5, 5.41) is 8.76. The van der Waals surface area contributed by atoms with Crippen molar-refractivity contribution in [3.8, 4) is 6.07 Å². The van der Waals surface area contributed by atoms with Crippen LogP contribution in [0.4, 0.5) is 0 Å². The van der Waals surface area contributed by atoms with Gasteiger partial charge >= 0.3 is 0 Å². The van der Waals surface area contributed by atoms with Crippen LogP contribution in [0.5, 0.6) is 0 Å². The van der Waals surface area contributed by atoms with E-state index in [4.69, 9.17) is 5.26 Å². The zero-order valence-corrected chi connectivity index (χ0v) is 11.0. The number of nitrogens with zero attached hydrogens (tertiary/aromatic N) is 2. The average Bonchev–Trinajstić information content (AvgIpc) is 2.94. The van der Waals surface area contributed by atoms with Crippen LogP contribution in [0.1, 0.15) is 48.7 Å². The minimum Gasteiger partial charge on any atom is -0.352 e. The first-order valence-electron chi connectivity index (χ1n) is 6.59. The predicted octanol–water partition coefficient (Wildman–Crippen LogP) is 1.86. The van der Waals surface area contributed by atoms with E-state index >= 15 is 0 Å². The monoisotopic (exact) mass is 259 g/mol. The Morgan fingerprint density at radius 3 is 2.95 bits per heavy atom. The number of hydrogen-bond acceptors (Lipinski definition) is 3. The number of H-pyrrole nitrogens is 1. The maximum absolute atomic E-state index is 12.4. The molecule has 1 fully saturated rings. The van der Waals surface area contributed by atoms with Crippen LogP contribution >= 0.6 is 0 Å².